The zero-order chi connectivity index (χ0) is 15.4. The van der Waals surface area contributed by atoms with E-state index in [1.54, 1.807) is 24.3 Å². The number of halogens is 1. The predicted octanol–water partition coefficient (Wildman–Crippen LogP) is 3.85. The first-order valence-corrected chi connectivity index (χ1v) is 6.76. The molecule has 104 valence electrons. The summed E-state index contributed by atoms with van der Waals surface area (Å²) < 4.78 is 0.757. The quantitative estimate of drug-likeness (QED) is 0.479. The van der Waals surface area contributed by atoms with Crippen molar-refractivity contribution < 1.29 is 9.72 Å². The third-order valence-corrected chi connectivity index (χ3v) is 3.41. The Morgan fingerprint density at radius 3 is 2.57 bits per heavy atom. The molecule has 5 nitrogen and oxygen atoms in total. The van der Waals surface area contributed by atoms with E-state index in [1.807, 2.05) is 6.07 Å². The molecule has 0 bridgehead atoms. The van der Waals surface area contributed by atoms with Gasteiger partial charge in [-0.3, -0.25) is 14.9 Å². The van der Waals surface area contributed by atoms with Crippen LogP contribution in [0.25, 0.3) is 0 Å². The van der Waals surface area contributed by atoms with Crippen molar-refractivity contribution in [2.24, 2.45) is 0 Å². The number of carbonyl (C=O) groups excluding carboxylic acids is 1. The molecule has 6 heteroatoms. The highest BCUT2D eigenvalue weighted by molar-refractivity contribution is 9.10. The lowest BCUT2D eigenvalue weighted by atomic mass is 9.92. The summed E-state index contributed by atoms with van der Waals surface area (Å²) in [5, 5.41) is 20.0. The number of nitro groups is 1. The number of hydrogen-bond donors (Lipinski definition) is 0. The van der Waals surface area contributed by atoms with Crippen molar-refractivity contribution in [1.29, 1.82) is 5.26 Å². The Balaban J connectivity index is 2.40. The van der Waals surface area contributed by atoms with Crippen LogP contribution in [0.1, 0.15) is 21.8 Å². The SMILES string of the molecule is N#CC(C(=O)c1cccc([N+](=O)[O-])c1)c1cccc(Br)c1. The fraction of sp³-hybridized carbons (Fsp3) is 0.0667. The first kappa shape index (κ1) is 14.9. The van der Waals surface area contributed by atoms with Crippen molar-refractivity contribution in [3.05, 3.63) is 74.2 Å². The van der Waals surface area contributed by atoms with Crippen LogP contribution >= 0.6 is 15.9 Å². The molecular formula is C15H9BrN2O3. The highest BCUT2D eigenvalue weighted by Crippen LogP contribution is 2.24. The van der Waals surface area contributed by atoms with Gasteiger partial charge in [-0.05, 0) is 17.7 Å². The Hall–Kier alpha value is -2.52. The van der Waals surface area contributed by atoms with E-state index >= 15 is 0 Å². The molecule has 21 heavy (non-hydrogen) atoms. The van der Waals surface area contributed by atoms with Crippen molar-refractivity contribution in [3.63, 3.8) is 0 Å². The summed E-state index contributed by atoms with van der Waals surface area (Å²) >= 11 is 3.29. The van der Waals surface area contributed by atoms with Gasteiger partial charge in [0.2, 0.25) is 0 Å². The molecule has 0 heterocycles. The molecule has 0 amide bonds. The van der Waals surface area contributed by atoms with Gasteiger partial charge in [0, 0.05) is 22.2 Å². The Bertz CT molecular complexity index is 753. The number of nitriles is 1. The fourth-order valence-corrected chi connectivity index (χ4v) is 2.33. The van der Waals surface area contributed by atoms with E-state index in [0.717, 1.165) is 4.47 Å². The summed E-state index contributed by atoms with van der Waals surface area (Å²) in [7, 11) is 0. The minimum absolute atomic E-state index is 0.149. The maximum absolute atomic E-state index is 12.4. The molecule has 0 fully saturated rings. The van der Waals surface area contributed by atoms with Crippen molar-refractivity contribution in [1.82, 2.24) is 0 Å². The first-order chi connectivity index (χ1) is 10.0. The van der Waals surface area contributed by atoms with E-state index in [1.165, 1.54) is 24.3 Å². The van der Waals surface area contributed by atoms with E-state index in [4.69, 9.17) is 0 Å². The summed E-state index contributed by atoms with van der Waals surface area (Å²) in [6.07, 6.45) is 0. The van der Waals surface area contributed by atoms with Gasteiger partial charge < -0.3 is 0 Å². The molecule has 0 aromatic heterocycles. The summed E-state index contributed by atoms with van der Waals surface area (Å²) in [6, 6.07) is 14.2. The highest BCUT2D eigenvalue weighted by Gasteiger charge is 2.23. The van der Waals surface area contributed by atoms with Crippen LogP contribution in [0, 0.1) is 21.4 Å². The molecule has 2 aromatic rings. The molecule has 1 unspecified atom stereocenters. The molecule has 0 aliphatic carbocycles. The zero-order valence-electron chi connectivity index (χ0n) is 10.7. The molecule has 0 radical (unpaired) electrons. The van der Waals surface area contributed by atoms with Crippen LogP contribution in [-0.4, -0.2) is 10.7 Å². The van der Waals surface area contributed by atoms with Crippen LogP contribution in [0.3, 0.4) is 0 Å². The number of ketones is 1. The monoisotopic (exact) mass is 344 g/mol. The number of nitro benzene ring substituents is 1. The predicted molar refractivity (Wildman–Crippen MR) is 79.9 cm³/mol. The lowest BCUT2D eigenvalue weighted by Gasteiger charge is -2.09. The van der Waals surface area contributed by atoms with Gasteiger partial charge in [-0.2, -0.15) is 5.26 Å². The van der Waals surface area contributed by atoms with Crippen LogP contribution in [0.4, 0.5) is 5.69 Å². The average molecular weight is 345 g/mol. The zero-order valence-corrected chi connectivity index (χ0v) is 12.3. The molecule has 0 spiro atoms. The molecule has 2 rings (SSSR count). The summed E-state index contributed by atoms with van der Waals surface area (Å²) in [5.41, 5.74) is 0.519. The van der Waals surface area contributed by atoms with Crippen molar-refractivity contribution in [2.45, 2.75) is 5.92 Å². The topological polar surface area (TPSA) is 84.0 Å². The molecular weight excluding hydrogens is 336 g/mol. The molecule has 0 saturated heterocycles. The van der Waals surface area contributed by atoms with Crippen LogP contribution in [0.2, 0.25) is 0 Å². The minimum atomic E-state index is -0.996. The van der Waals surface area contributed by atoms with E-state index in [2.05, 4.69) is 15.9 Å². The minimum Gasteiger partial charge on any atom is -0.292 e. The molecule has 1 atom stereocenters. The number of non-ortho nitro benzene ring substituents is 1. The second-order valence-electron chi connectivity index (χ2n) is 4.29. The number of nitrogens with zero attached hydrogens (tertiary/aromatic N) is 2. The van der Waals surface area contributed by atoms with E-state index in [0.29, 0.717) is 5.56 Å². The second kappa shape index (κ2) is 6.29. The third-order valence-electron chi connectivity index (χ3n) is 2.91. The Morgan fingerprint density at radius 1 is 1.24 bits per heavy atom. The van der Waals surface area contributed by atoms with E-state index < -0.39 is 16.6 Å². The normalized spacial score (nSPS) is 11.4. The van der Waals surface area contributed by atoms with Crippen molar-refractivity contribution in [2.75, 3.05) is 0 Å². The first-order valence-electron chi connectivity index (χ1n) is 5.96. The van der Waals surface area contributed by atoms with Gasteiger partial charge in [-0.25, -0.2) is 0 Å². The number of benzene rings is 2. The van der Waals surface area contributed by atoms with Gasteiger partial charge in [0.05, 0.1) is 11.0 Å². The number of hydrogen-bond acceptors (Lipinski definition) is 4. The summed E-state index contributed by atoms with van der Waals surface area (Å²) in [4.78, 5) is 22.6. The van der Waals surface area contributed by atoms with Gasteiger partial charge in [0.15, 0.2) is 5.78 Å². The highest BCUT2D eigenvalue weighted by atomic mass is 79.9. The Kier molecular flexibility index (Phi) is 4.45. The number of Topliss-reactive ketones (excluding diaryl/α,β-unsaturated/α-hetero) is 1. The van der Waals surface area contributed by atoms with Crippen LogP contribution in [0.5, 0.6) is 0 Å². The van der Waals surface area contributed by atoms with Crippen molar-refractivity contribution >= 4 is 27.4 Å². The summed E-state index contributed by atoms with van der Waals surface area (Å²) in [5.74, 6) is -1.45. The molecule has 0 saturated carbocycles. The molecule has 2 aromatic carbocycles. The number of rotatable bonds is 4. The average Bonchev–Trinajstić information content (AvgIpc) is 2.48. The van der Waals surface area contributed by atoms with Crippen LogP contribution in [0.15, 0.2) is 53.0 Å². The molecule has 0 N–H and O–H groups in total. The maximum atomic E-state index is 12.4. The number of carbonyl (C=O) groups is 1. The summed E-state index contributed by atoms with van der Waals surface area (Å²) in [6.45, 7) is 0. The van der Waals surface area contributed by atoms with E-state index in [9.17, 15) is 20.2 Å². The largest absolute Gasteiger partial charge is 0.292 e. The van der Waals surface area contributed by atoms with Gasteiger partial charge in [-0.1, -0.05) is 40.2 Å². The van der Waals surface area contributed by atoms with Gasteiger partial charge in [-0.15, -0.1) is 0 Å². The van der Waals surface area contributed by atoms with Crippen LogP contribution in [-0.2, 0) is 0 Å². The lowest BCUT2D eigenvalue weighted by molar-refractivity contribution is -0.384. The molecule has 0 aliphatic heterocycles. The van der Waals surface area contributed by atoms with Crippen molar-refractivity contribution in [3.8, 4) is 6.07 Å². The Morgan fingerprint density at radius 2 is 1.95 bits per heavy atom. The van der Waals surface area contributed by atoms with Gasteiger partial charge in [0.25, 0.3) is 5.69 Å². The Labute approximate surface area is 129 Å². The van der Waals surface area contributed by atoms with E-state index in [-0.39, 0.29) is 11.3 Å². The standard InChI is InChI=1S/C15H9BrN2O3/c16-12-5-1-3-10(7-12)14(9-17)15(19)11-4-2-6-13(8-11)18(20)21/h1-8,14H. The van der Waals surface area contributed by atoms with Gasteiger partial charge >= 0.3 is 0 Å². The lowest BCUT2D eigenvalue weighted by Crippen LogP contribution is -2.11. The van der Waals surface area contributed by atoms with Gasteiger partial charge in [0.1, 0.15) is 5.92 Å². The molecule has 0 aliphatic rings. The smallest absolute Gasteiger partial charge is 0.270 e. The maximum Gasteiger partial charge on any atom is 0.270 e. The third kappa shape index (κ3) is 3.33. The second-order valence-corrected chi connectivity index (χ2v) is 5.20. The van der Waals surface area contributed by atoms with Crippen LogP contribution < -0.4 is 0 Å². The fourth-order valence-electron chi connectivity index (χ4n) is 1.91.